The Morgan fingerprint density at radius 1 is 0.298 bits per heavy atom. The Labute approximate surface area is 341 Å². The van der Waals surface area contributed by atoms with Crippen LogP contribution in [0, 0.1) is 0 Å². The second-order valence-corrected chi connectivity index (χ2v) is 14.5. The molecule has 0 radical (unpaired) electrons. The zero-order valence-corrected chi connectivity index (χ0v) is 30.9. The van der Waals surface area contributed by atoms with Crippen LogP contribution in [0.1, 0.15) is 29.1 Å². The monoisotopic (exact) mass is 731 g/mol. The summed E-state index contributed by atoms with van der Waals surface area (Å²) in [6.45, 7) is 0. The molecule has 1 unspecified atom stereocenters. The van der Waals surface area contributed by atoms with Gasteiger partial charge in [0.05, 0.1) is 12.3 Å². The fourth-order valence-corrected chi connectivity index (χ4v) is 9.19. The van der Waals surface area contributed by atoms with Crippen molar-refractivity contribution in [3.63, 3.8) is 0 Å². The summed E-state index contributed by atoms with van der Waals surface area (Å²) in [5.74, 6) is 0. The van der Waals surface area contributed by atoms with E-state index in [0.717, 1.165) is 61.6 Å². The van der Waals surface area contributed by atoms with E-state index in [0.29, 0.717) is 11.4 Å². The van der Waals surface area contributed by atoms with Crippen molar-refractivity contribution in [1.82, 2.24) is 0 Å². The lowest BCUT2D eigenvalue weighted by Crippen LogP contribution is -2.26. The maximum atomic E-state index is 9.24. The number of para-hydroxylation sites is 3. The van der Waals surface area contributed by atoms with Crippen molar-refractivity contribution in [2.24, 2.45) is 0 Å². The molecule has 0 saturated carbocycles. The molecule has 2 aliphatic carbocycles. The molecule has 1 atom stereocenters. The van der Waals surface area contributed by atoms with Crippen LogP contribution in [-0.4, -0.2) is 0 Å². The third-order valence-corrected chi connectivity index (χ3v) is 11.5. The lowest BCUT2D eigenvalue weighted by molar-refractivity contribution is 0.793. The zero-order chi connectivity index (χ0) is 42.1. The molecule has 9 aromatic carbocycles. The van der Waals surface area contributed by atoms with Gasteiger partial charge in [0.1, 0.15) is 0 Å². The fourth-order valence-electron chi connectivity index (χ4n) is 9.19. The van der Waals surface area contributed by atoms with Crippen molar-refractivity contribution >= 4 is 34.1 Å². The zero-order valence-electron chi connectivity index (χ0n) is 35.9. The SMILES string of the molecule is [2H]c1c([2H])c([2H])c(N(c2ccc(-c3ccccc3)cc2)c2ccc3c(c2)C2(c4ccccc4-c4ccc(N(c5ccccc5)c5ccccc5)cc42)c2ccccc2-3)c([2H])c1[2H]. The minimum atomic E-state index is -0.744. The largest absolute Gasteiger partial charge is 0.310 e. The Hall–Kier alpha value is -7.42. The molecular weight excluding hydrogens is 689 g/mol. The molecule has 2 heteroatoms. The third kappa shape index (κ3) is 5.18. The van der Waals surface area contributed by atoms with Crippen LogP contribution in [0.3, 0.4) is 0 Å². The van der Waals surface area contributed by atoms with Crippen LogP contribution in [0.25, 0.3) is 33.4 Å². The van der Waals surface area contributed by atoms with E-state index in [4.69, 9.17) is 4.11 Å². The minimum absolute atomic E-state index is 0.0869. The molecule has 0 N–H and O–H groups in total. The fraction of sp³-hybridized carbons (Fsp3) is 0.0182. The minimum Gasteiger partial charge on any atom is -0.310 e. The van der Waals surface area contributed by atoms with E-state index in [-0.39, 0.29) is 29.9 Å². The van der Waals surface area contributed by atoms with Crippen molar-refractivity contribution in [3.8, 4) is 33.4 Å². The number of anilines is 6. The smallest absolute Gasteiger partial charge is 0.0727 e. The highest BCUT2D eigenvalue weighted by atomic mass is 15.1. The predicted molar refractivity (Wildman–Crippen MR) is 238 cm³/mol. The summed E-state index contributed by atoms with van der Waals surface area (Å²) in [6, 6.07) is 67.7. The maximum absolute atomic E-state index is 9.24. The third-order valence-electron chi connectivity index (χ3n) is 11.5. The normalized spacial score (nSPS) is 15.6. The van der Waals surface area contributed by atoms with E-state index < -0.39 is 11.5 Å². The number of hydrogen-bond acceptors (Lipinski definition) is 2. The first-order valence-electron chi connectivity index (χ1n) is 21.8. The van der Waals surface area contributed by atoms with Crippen LogP contribution in [0.2, 0.25) is 0 Å². The van der Waals surface area contributed by atoms with Gasteiger partial charge in [0.15, 0.2) is 0 Å². The van der Waals surface area contributed by atoms with Gasteiger partial charge in [0.25, 0.3) is 0 Å². The molecule has 0 bridgehead atoms. The molecule has 1 spiro atoms. The van der Waals surface area contributed by atoms with Gasteiger partial charge in [-0.1, -0.05) is 158 Å². The Morgan fingerprint density at radius 2 is 0.684 bits per heavy atom. The maximum Gasteiger partial charge on any atom is 0.0727 e. The lowest BCUT2D eigenvalue weighted by atomic mass is 9.70. The molecule has 57 heavy (non-hydrogen) atoms. The van der Waals surface area contributed by atoms with Gasteiger partial charge >= 0.3 is 0 Å². The highest BCUT2D eigenvalue weighted by Crippen LogP contribution is 2.64. The lowest BCUT2D eigenvalue weighted by Gasteiger charge is -2.33. The topological polar surface area (TPSA) is 6.48 Å². The first-order chi connectivity index (χ1) is 30.4. The van der Waals surface area contributed by atoms with Gasteiger partial charge < -0.3 is 9.80 Å². The molecule has 0 aromatic heterocycles. The summed E-state index contributed by atoms with van der Waals surface area (Å²) in [5.41, 5.74) is 14.9. The average molecular weight is 732 g/mol. The predicted octanol–water partition coefficient (Wildman–Crippen LogP) is 14.6. The Kier molecular flexibility index (Phi) is 6.60. The van der Waals surface area contributed by atoms with Gasteiger partial charge in [-0.05, 0) is 128 Å². The molecule has 0 fully saturated rings. The molecule has 0 saturated heterocycles. The summed E-state index contributed by atoms with van der Waals surface area (Å²) in [4.78, 5) is 4.13. The number of benzene rings is 9. The molecule has 0 heterocycles. The molecule has 0 amide bonds. The highest BCUT2D eigenvalue weighted by Gasteiger charge is 2.52. The molecule has 268 valence electrons. The first kappa shape index (κ1) is 28.1. The Bertz CT molecular complexity index is 3110. The Balaban J connectivity index is 1.18. The van der Waals surface area contributed by atoms with Crippen LogP contribution >= 0.6 is 0 Å². The van der Waals surface area contributed by atoms with Crippen LogP contribution in [0.5, 0.6) is 0 Å². The van der Waals surface area contributed by atoms with Crippen molar-refractivity contribution in [3.05, 3.63) is 253 Å². The van der Waals surface area contributed by atoms with E-state index in [1.165, 1.54) is 11.1 Å². The summed E-state index contributed by atoms with van der Waals surface area (Å²) in [6.07, 6.45) is 0. The van der Waals surface area contributed by atoms with Crippen molar-refractivity contribution in [2.45, 2.75) is 5.41 Å². The van der Waals surface area contributed by atoms with Gasteiger partial charge in [0.2, 0.25) is 0 Å². The van der Waals surface area contributed by atoms with Crippen molar-refractivity contribution < 1.29 is 6.85 Å². The van der Waals surface area contributed by atoms with Gasteiger partial charge in [-0.3, -0.25) is 0 Å². The summed E-state index contributed by atoms with van der Waals surface area (Å²) >= 11 is 0. The van der Waals surface area contributed by atoms with Gasteiger partial charge in [-0.25, -0.2) is 0 Å². The quantitative estimate of drug-likeness (QED) is 0.161. The second kappa shape index (κ2) is 13.4. The molecule has 9 aromatic rings. The molecular formula is C55H38N2. The van der Waals surface area contributed by atoms with Crippen molar-refractivity contribution in [2.75, 3.05) is 9.80 Å². The standard InChI is InChI=1S/C55H38N2/c1-5-17-39(18-6-1)40-29-31-44(32-30-40)57(43-23-11-4-12-24-43)46-34-36-50-48-26-14-16-28-52(48)55(54(50)38-46)51-27-15-13-25-47(51)49-35-33-45(37-53(49)55)56(41-19-7-2-8-20-41)42-21-9-3-10-22-42/h1-38H/i4D,11D,12D,23D,24D. The van der Waals surface area contributed by atoms with Crippen LogP contribution in [0.15, 0.2) is 230 Å². The summed E-state index contributed by atoms with van der Waals surface area (Å²) in [7, 11) is 0. The van der Waals surface area contributed by atoms with Gasteiger partial charge in [0, 0.05) is 34.1 Å². The van der Waals surface area contributed by atoms with Crippen molar-refractivity contribution in [1.29, 1.82) is 0 Å². The van der Waals surface area contributed by atoms with Gasteiger partial charge in [-0.15, -0.1) is 0 Å². The second-order valence-electron chi connectivity index (χ2n) is 14.5. The summed E-state index contributed by atoms with van der Waals surface area (Å²) in [5, 5.41) is 0. The highest BCUT2D eigenvalue weighted by molar-refractivity contribution is 5.97. The van der Waals surface area contributed by atoms with Crippen LogP contribution in [0.4, 0.5) is 34.1 Å². The van der Waals surface area contributed by atoms with E-state index >= 15 is 0 Å². The number of fused-ring (bicyclic) bond motifs is 10. The number of nitrogens with zero attached hydrogens (tertiary/aromatic N) is 2. The van der Waals surface area contributed by atoms with E-state index in [1.807, 2.05) is 65.6 Å². The van der Waals surface area contributed by atoms with E-state index in [2.05, 4.69) is 144 Å². The first-order valence-corrected chi connectivity index (χ1v) is 19.3. The molecule has 2 nitrogen and oxygen atoms in total. The number of hydrogen-bond donors (Lipinski definition) is 0. The average Bonchev–Trinajstić information content (AvgIpc) is 3.79. The molecule has 0 aliphatic heterocycles. The number of rotatable bonds is 7. The van der Waals surface area contributed by atoms with Crippen LogP contribution in [-0.2, 0) is 5.41 Å². The molecule has 11 rings (SSSR count). The van der Waals surface area contributed by atoms with Crippen LogP contribution < -0.4 is 9.80 Å². The molecule has 2 aliphatic rings. The van der Waals surface area contributed by atoms with E-state index in [9.17, 15) is 2.74 Å². The summed E-state index contributed by atoms with van der Waals surface area (Å²) < 4.78 is 44.4. The van der Waals surface area contributed by atoms with Gasteiger partial charge in [-0.2, -0.15) is 0 Å². The Morgan fingerprint density at radius 3 is 1.21 bits per heavy atom. The van der Waals surface area contributed by atoms with E-state index in [1.54, 1.807) is 0 Å².